The van der Waals surface area contributed by atoms with Crippen molar-refractivity contribution in [2.24, 2.45) is 17.8 Å². The Kier molecular flexibility index (Phi) is 4.19. The molecular weight excluding hydrogens is 345 g/mol. The van der Waals surface area contributed by atoms with Crippen molar-refractivity contribution in [1.82, 2.24) is 14.7 Å². The summed E-state index contributed by atoms with van der Waals surface area (Å²) in [7, 11) is 0. The molecule has 26 heavy (non-hydrogen) atoms. The molecule has 1 aromatic heterocycles. The summed E-state index contributed by atoms with van der Waals surface area (Å²) < 4.78 is 41.7. The maximum absolute atomic E-state index is 13.5. The molecule has 0 radical (unpaired) electrons. The number of rotatable bonds is 2. The quantitative estimate of drug-likeness (QED) is 0.868. The lowest BCUT2D eigenvalue weighted by Gasteiger charge is -2.41. The molecule has 8 heteroatoms. The number of hydrogen-bond acceptors (Lipinski definition) is 3. The van der Waals surface area contributed by atoms with Crippen LogP contribution in [0.4, 0.5) is 19.0 Å². The standard InChI is InChI=1S/C18H25F3N4O/c1-10-7-13(10)17(26)24-5-3-12(4-6-24)14-9-15(18(19,20)21)25-16(22-14)8-11(2)23-25/h8,10,12-15,22H,3-7,9H2,1-2H3/t10-,13-,14-,15+/m0/s1. The van der Waals surface area contributed by atoms with E-state index in [4.69, 9.17) is 0 Å². The first-order valence-corrected chi connectivity index (χ1v) is 9.42. The first-order valence-electron chi connectivity index (χ1n) is 9.42. The normalized spacial score (nSPS) is 32.1. The number of aromatic nitrogens is 2. The predicted octanol–water partition coefficient (Wildman–Crippen LogP) is 3.37. The molecule has 1 N–H and O–H groups in total. The molecule has 2 aliphatic heterocycles. The maximum atomic E-state index is 13.5. The number of carbonyl (C=O) groups is 1. The van der Waals surface area contributed by atoms with Crippen molar-refractivity contribution in [3.63, 3.8) is 0 Å². The van der Waals surface area contributed by atoms with Crippen LogP contribution in [0.15, 0.2) is 6.07 Å². The van der Waals surface area contributed by atoms with Crippen molar-refractivity contribution in [1.29, 1.82) is 0 Å². The van der Waals surface area contributed by atoms with Gasteiger partial charge in [-0.05, 0) is 44.4 Å². The van der Waals surface area contributed by atoms with Gasteiger partial charge in [-0.1, -0.05) is 6.92 Å². The molecule has 0 spiro atoms. The third-order valence-corrected chi connectivity index (χ3v) is 6.19. The molecule has 0 aromatic carbocycles. The predicted molar refractivity (Wildman–Crippen MR) is 90.7 cm³/mol. The summed E-state index contributed by atoms with van der Waals surface area (Å²) in [6, 6.07) is -0.135. The van der Waals surface area contributed by atoms with E-state index in [0.717, 1.165) is 23.9 Å². The van der Waals surface area contributed by atoms with Gasteiger partial charge in [-0.2, -0.15) is 18.3 Å². The highest BCUT2D eigenvalue weighted by atomic mass is 19.4. The SMILES string of the molecule is Cc1cc2n(n1)[C@@H](C(F)(F)F)C[C@@H](C1CCN(C(=O)[C@H]3C[C@@H]3C)CC1)N2. The van der Waals surface area contributed by atoms with E-state index in [1.54, 1.807) is 13.0 Å². The van der Waals surface area contributed by atoms with Gasteiger partial charge < -0.3 is 10.2 Å². The zero-order valence-electron chi connectivity index (χ0n) is 15.1. The van der Waals surface area contributed by atoms with Crippen molar-refractivity contribution in [2.45, 2.75) is 57.8 Å². The van der Waals surface area contributed by atoms with Crippen LogP contribution in [0.25, 0.3) is 0 Å². The Labute approximate surface area is 150 Å². The van der Waals surface area contributed by atoms with Gasteiger partial charge in [-0.3, -0.25) is 4.79 Å². The summed E-state index contributed by atoms with van der Waals surface area (Å²) in [4.78, 5) is 14.3. The molecule has 4 rings (SSSR count). The molecule has 1 aliphatic carbocycles. The van der Waals surface area contributed by atoms with Crippen molar-refractivity contribution < 1.29 is 18.0 Å². The molecule has 2 fully saturated rings. The van der Waals surface area contributed by atoms with Crippen LogP contribution in [0.2, 0.25) is 0 Å². The zero-order chi connectivity index (χ0) is 18.6. The number of carbonyl (C=O) groups excluding carboxylic acids is 1. The number of halogens is 3. The number of anilines is 1. The summed E-state index contributed by atoms with van der Waals surface area (Å²) in [5.41, 5.74) is 0.585. The first kappa shape index (κ1) is 17.7. The van der Waals surface area contributed by atoms with Crippen LogP contribution in [0, 0.1) is 24.7 Å². The lowest BCUT2D eigenvalue weighted by atomic mass is 9.84. The second-order valence-corrected chi connectivity index (χ2v) is 8.14. The number of nitrogens with zero attached hydrogens (tertiary/aromatic N) is 3. The lowest BCUT2D eigenvalue weighted by molar-refractivity contribution is -0.174. The Bertz CT molecular complexity index is 693. The number of alkyl halides is 3. The minimum absolute atomic E-state index is 0.00408. The molecule has 0 unspecified atom stereocenters. The van der Waals surface area contributed by atoms with Gasteiger partial charge in [-0.25, -0.2) is 4.68 Å². The summed E-state index contributed by atoms with van der Waals surface area (Å²) in [5.74, 6) is 1.48. The smallest absolute Gasteiger partial charge is 0.367 e. The van der Waals surface area contributed by atoms with Crippen LogP contribution in [-0.2, 0) is 4.79 Å². The molecule has 1 saturated heterocycles. The molecule has 3 aliphatic rings. The van der Waals surface area contributed by atoms with Gasteiger partial charge in [0.15, 0.2) is 6.04 Å². The Morgan fingerprint density at radius 3 is 2.50 bits per heavy atom. The van der Waals surface area contributed by atoms with E-state index in [2.05, 4.69) is 17.3 Å². The van der Waals surface area contributed by atoms with Gasteiger partial charge in [0.1, 0.15) is 5.82 Å². The Hall–Kier alpha value is -1.73. The Morgan fingerprint density at radius 2 is 1.92 bits per heavy atom. The van der Waals surface area contributed by atoms with Crippen LogP contribution < -0.4 is 5.32 Å². The van der Waals surface area contributed by atoms with Gasteiger partial charge in [0.05, 0.1) is 5.69 Å². The summed E-state index contributed by atoms with van der Waals surface area (Å²) in [6.07, 6.45) is -1.84. The van der Waals surface area contributed by atoms with Crippen molar-refractivity contribution in [3.8, 4) is 0 Å². The molecule has 1 saturated carbocycles. The lowest BCUT2D eigenvalue weighted by Crippen LogP contribution is -2.47. The topological polar surface area (TPSA) is 50.2 Å². The van der Waals surface area contributed by atoms with Gasteiger partial charge in [0.25, 0.3) is 0 Å². The van der Waals surface area contributed by atoms with Gasteiger partial charge in [-0.15, -0.1) is 0 Å². The summed E-state index contributed by atoms with van der Waals surface area (Å²) >= 11 is 0. The molecule has 3 heterocycles. The largest absolute Gasteiger partial charge is 0.410 e. The number of aryl methyl sites for hydroxylation is 1. The number of hydrogen-bond donors (Lipinski definition) is 1. The van der Waals surface area contributed by atoms with Gasteiger partial charge >= 0.3 is 6.18 Å². The Morgan fingerprint density at radius 1 is 1.27 bits per heavy atom. The van der Waals surface area contributed by atoms with Crippen LogP contribution in [0.1, 0.15) is 44.3 Å². The van der Waals surface area contributed by atoms with Crippen molar-refractivity contribution in [3.05, 3.63) is 11.8 Å². The fourth-order valence-corrected chi connectivity index (χ4v) is 4.46. The van der Waals surface area contributed by atoms with Gasteiger partial charge in [0.2, 0.25) is 5.91 Å². The highest BCUT2D eigenvalue weighted by Crippen LogP contribution is 2.43. The maximum Gasteiger partial charge on any atom is 0.410 e. The monoisotopic (exact) mass is 370 g/mol. The Balaban J connectivity index is 1.43. The van der Waals surface area contributed by atoms with E-state index in [1.807, 2.05) is 4.90 Å². The number of amides is 1. The molecule has 144 valence electrons. The molecule has 4 atom stereocenters. The van der Waals surface area contributed by atoms with Crippen LogP contribution in [0.5, 0.6) is 0 Å². The first-order chi connectivity index (χ1) is 12.2. The average Bonchev–Trinajstić information content (AvgIpc) is 3.19. The van der Waals surface area contributed by atoms with Crippen molar-refractivity contribution >= 4 is 11.7 Å². The van der Waals surface area contributed by atoms with E-state index in [-0.39, 0.29) is 30.2 Å². The van der Waals surface area contributed by atoms with Crippen molar-refractivity contribution in [2.75, 3.05) is 18.4 Å². The number of nitrogens with one attached hydrogen (secondary N) is 1. The number of likely N-dealkylation sites (tertiary alicyclic amines) is 1. The molecule has 1 aromatic rings. The van der Waals surface area contributed by atoms with Crippen LogP contribution in [0.3, 0.4) is 0 Å². The van der Waals surface area contributed by atoms with E-state index in [9.17, 15) is 18.0 Å². The number of fused-ring (bicyclic) bond motifs is 1. The molecular formula is C18H25F3N4O. The van der Waals surface area contributed by atoms with Gasteiger partial charge in [0, 0.05) is 31.1 Å². The minimum atomic E-state index is -4.31. The average molecular weight is 370 g/mol. The highest BCUT2D eigenvalue weighted by Gasteiger charge is 2.48. The minimum Gasteiger partial charge on any atom is -0.367 e. The molecule has 5 nitrogen and oxygen atoms in total. The van der Waals surface area contributed by atoms with E-state index in [0.29, 0.717) is 30.5 Å². The molecule has 0 bridgehead atoms. The fraction of sp³-hybridized carbons (Fsp3) is 0.778. The zero-order valence-corrected chi connectivity index (χ0v) is 15.1. The summed E-state index contributed by atoms with van der Waals surface area (Å²) in [5, 5.41) is 7.30. The molecule has 1 amide bonds. The second-order valence-electron chi connectivity index (χ2n) is 8.14. The van der Waals surface area contributed by atoms with Crippen LogP contribution >= 0.6 is 0 Å². The number of piperidine rings is 1. The second kappa shape index (κ2) is 6.16. The fourth-order valence-electron chi connectivity index (χ4n) is 4.46. The third kappa shape index (κ3) is 3.18. The van der Waals surface area contributed by atoms with E-state index >= 15 is 0 Å². The van der Waals surface area contributed by atoms with E-state index in [1.165, 1.54) is 0 Å². The highest BCUT2D eigenvalue weighted by molar-refractivity contribution is 5.81. The third-order valence-electron chi connectivity index (χ3n) is 6.19. The van der Waals surface area contributed by atoms with Crippen LogP contribution in [-0.4, -0.2) is 45.9 Å². The summed E-state index contributed by atoms with van der Waals surface area (Å²) in [6.45, 7) is 5.10. The van der Waals surface area contributed by atoms with E-state index < -0.39 is 12.2 Å².